The average Bonchev–Trinajstić information content (AvgIpc) is 3.13. The molecule has 0 fully saturated rings. The van der Waals surface area contributed by atoms with E-state index in [0.29, 0.717) is 11.3 Å². The topological polar surface area (TPSA) is 94.8 Å². The van der Waals surface area contributed by atoms with Gasteiger partial charge < -0.3 is 19.2 Å². The summed E-state index contributed by atoms with van der Waals surface area (Å²) in [5, 5.41) is 3.79. The first-order chi connectivity index (χ1) is 14.4. The van der Waals surface area contributed by atoms with Crippen LogP contribution in [0.15, 0.2) is 27.4 Å². The van der Waals surface area contributed by atoms with Gasteiger partial charge in [0.1, 0.15) is 11.3 Å². The Kier molecular flexibility index (Phi) is 6.43. The van der Waals surface area contributed by atoms with Crippen LogP contribution in [-0.4, -0.2) is 30.6 Å². The Morgan fingerprint density at radius 1 is 1.06 bits per heavy atom. The molecule has 3 rings (SSSR count). The Balaban J connectivity index is 1.52. The lowest BCUT2D eigenvalue weighted by Gasteiger charge is -2.33. The van der Waals surface area contributed by atoms with Crippen LogP contribution in [0.25, 0.3) is 11.0 Å². The van der Waals surface area contributed by atoms with E-state index < -0.39 is 11.5 Å². The second-order valence-corrected chi connectivity index (χ2v) is 9.98. The van der Waals surface area contributed by atoms with Crippen molar-refractivity contribution in [2.75, 3.05) is 13.2 Å². The number of nitrogens with one attached hydrogen (secondary N) is 1. The molecule has 31 heavy (non-hydrogen) atoms. The van der Waals surface area contributed by atoms with Crippen LogP contribution in [0, 0.1) is 5.41 Å². The summed E-state index contributed by atoms with van der Waals surface area (Å²) in [6, 6.07) is 5.17. The number of rotatable bonds is 7. The third kappa shape index (κ3) is 6.09. The van der Waals surface area contributed by atoms with Gasteiger partial charge in [-0.3, -0.25) is 4.79 Å². The molecule has 2 aromatic rings. The van der Waals surface area contributed by atoms with E-state index >= 15 is 0 Å². The summed E-state index contributed by atoms with van der Waals surface area (Å²) < 4.78 is 15.9. The first-order valence-electron chi connectivity index (χ1n) is 10.6. The summed E-state index contributed by atoms with van der Waals surface area (Å²) in [7, 11) is 0. The molecule has 0 atom stereocenters. The van der Waals surface area contributed by atoms with Gasteiger partial charge in [0, 0.05) is 22.6 Å². The predicted octanol–water partition coefficient (Wildman–Crippen LogP) is 3.53. The molecule has 0 bridgehead atoms. The van der Waals surface area contributed by atoms with Gasteiger partial charge in [-0.05, 0) is 62.6 Å². The first-order valence-corrected chi connectivity index (χ1v) is 10.6. The third-order valence-corrected chi connectivity index (χ3v) is 5.12. The molecule has 0 spiro atoms. The van der Waals surface area contributed by atoms with E-state index in [1.54, 1.807) is 12.1 Å². The largest absolute Gasteiger partial charge is 0.482 e. The summed E-state index contributed by atoms with van der Waals surface area (Å²) in [6.07, 6.45) is 3.34. The zero-order valence-corrected chi connectivity index (χ0v) is 18.9. The van der Waals surface area contributed by atoms with Crippen LogP contribution in [0.2, 0.25) is 0 Å². The highest BCUT2D eigenvalue weighted by molar-refractivity contribution is 5.83. The number of hydrogen-bond acceptors (Lipinski definition) is 6. The van der Waals surface area contributed by atoms with Crippen LogP contribution >= 0.6 is 0 Å². The van der Waals surface area contributed by atoms with Crippen molar-refractivity contribution < 1.29 is 23.5 Å². The Bertz CT molecular complexity index is 1040. The number of amides is 1. The van der Waals surface area contributed by atoms with E-state index in [-0.39, 0.29) is 30.2 Å². The summed E-state index contributed by atoms with van der Waals surface area (Å²) >= 11 is 0. The SMILES string of the molecule is CC(C)(C)CC(C)(C)NC(=O)COC(=O)COc1ccc2c3c(c(=O)oc2c1)CCC3. The quantitative estimate of drug-likeness (QED) is 0.534. The lowest BCUT2D eigenvalue weighted by Crippen LogP contribution is -2.47. The molecule has 1 amide bonds. The van der Waals surface area contributed by atoms with Crippen molar-refractivity contribution >= 4 is 22.8 Å². The lowest BCUT2D eigenvalue weighted by atomic mass is 9.82. The highest BCUT2D eigenvalue weighted by Gasteiger charge is 2.27. The Hall–Kier alpha value is -2.83. The van der Waals surface area contributed by atoms with Crippen LogP contribution in [0.3, 0.4) is 0 Å². The molecule has 1 aromatic carbocycles. The number of benzene rings is 1. The molecule has 1 N–H and O–H groups in total. The second kappa shape index (κ2) is 8.73. The first kappa shape index (κ1) is 22.8. The van der Waals surface area contributed by atoms with Gasteiger partial charge in [0.25, 0.3) is 5.91 Å². The smallest absolute Gasteiger partial charge is 0.344 e. The van der Waals surface area contributed by atoms with Crippen molar-refractivity contribution in [3.05, 3.63) is 39.7 Å². The number of aryl methyl sites for hydroxylation is 1. The molecule has 0 aliphatic heterocycles. The monoisotopic (exact) mass is 429 g/mol. The van der Waals surface area contributed by atoms with E-state index in [2.05, 4.69) is 26.1 Å². The molecule has 0 saturated heterocycles. The highest BCUT2D eigenvalue weighted by Crippen LogP contribution is 2.29. The fourth-order valence-corrected chi connectivity index (χ4v) is 4.47. The van der Waals surface area contributed by atoms with E-state index in [1.807, 2.05) is 19.9 Å². The van der Waals surface area contributed by atoms with Crippen molar-refractivity contribution in [3.63, 3.8) is 0 Å². The van der Waals surface area contributed by atoms with E-state index in [1.165, 1.54) is 0 Å². The van der Waals surface area contributed by atoms with Crippen LogP contribution in [0.1, 0.15) is 58.6 Å². The number of carbonyl (C=O) groups excluding carboxylic acids is 2. The molecule has 0 unspecified atom stereocenters. The molecule has 0 saturated carbocycles. The van der Waals surface area contributed by atoms with Gasteiger partial charge in [-0.15, -0.1) is 0 Å². The van der Waals surface area contributed by atoms with Crippen LogP contribution in [-0.2, 0) is 27.2 Å². The summed E-state index contributed by atoms with van der Waals surface area (Å²) in [5.41, 5.74) is 1.58. The maximum absolute atomic E-state index is 12.1. The van der Waals surface area contributed by atoms with Crippen LogP contribution in [0.4, 0.5) is 0 Å². The number of hydrogen-bond donors (Lipinski definition) is 1. The minimum Gasteiger partial charge on any atom is -0.482 e. The molecule has 1 aromatic heterocycles. The predicted molar refractivity (Wildman–Crippen MR) is 117 cm³/mol. The van der Waals surface area contributed by atoms with E-state index in [0.717, 1.165) is 42.2 Å². The zero-order valence-electron chi connectivity index (χ0n) is 18.9. The Labute approximate surface area is 182 Å². The number of ether oxygens (including phenoxy) is 2. The van der Waals surface area contributed by atoms with E-state index in [4.69, 9.17) is 13.9 Å². The van der Waals surface area contributed by atoms with Gasteiger partial charge in [-0.25, -0.2) is 9.59 Å². The van der Waals surface area contributed by atoms with E-state index in [9.17, 15) is 14.4 Å². The van der Waals surface area contributed by atoms with Gasteiger partial charge in [0.2, 0.25) is 0 Å². The molecule has 1 heterocycles. The summed E-state index contributed by atoms with van der Waals surface area (Å²) in [4.78, 5) is 36.2. The number of fused-ring (bicyclic) bond motifs is 3. The minimum atomic E-state index is -0.653. The van der Waals surface area contributed by atoms with Crippen LogP contribution < -0.4 is 15.7 Å². The number of carbonyl (C=O) groups is 2. The molecule has 168 valence electrons. The molecular weight excluding hydrogens is 398 g/mol. The van der Waals surface area contributed by atoms with Crippen molar-refractivity contribution in [3.8, 4) is 5.75 Å². The Morgan fingerprint density at radius 3 is 2.48 bits per heavy atom. The molecule has 7 nitrogen and oxygen atoms in total. The summed E-state index contributed by atoms with van der Waals surface area (Å²) in [5.74, 6) is -0.621. The molecule has 1 aliphatic carbocycles. The molecule has 1 aliphatic rings. The van der Waals surface area contributed by atoms with Gasteiger partial charge in [0.15, 0.2) is 13.2 Å². The van der Waals surface area contributed by atoms with Crippen molar-refractivity contribution in [1.82, 2.24) is 5.32 Å². The lowest BCUT2D eigenvalue weighted by molar-refractivity contribution is -0.151. The normalized spacial score (nSPS) is 13.7. The summed E-state index contributed by atoms with van der Waals surface area (Å²) in [6.45, 7) is 9.47. The highest BCUT2D eigenvalue weighted by atomic mass is 16.6. The molecule has 7 heteroatoms. The van der Waals surface area contributed by atoms with Gasteiger partial charge in [0.05, 0.1) is 0 Å². The van der Waals surface area contributed by atoms with Crippen molar-refractivity contribution in [2.45, 2.75) is 65.8 Å². The fraction of sp³-hybridized carbons (Fsp3) is 0.542. The maximum Gasteiger partial charge on any atom is 0.344 e. The van der Waals surface area contributed by atoms with Gasteiger partial charge in [-0.2, -0.15) is 0 Å². The Morgan fingerprint density at radius 2 is 1.77 bits per heavy atom. The second-order valence-electron chi connectivity index (χ2n) is 9.98. The van der Waals surface area contributed by atoms with Crippen molar-refractivity contribution in [1.29, 1.82) is 0 Å². The fourth-order valence-electron chi connectivity index (χ4n) is 4.47. The molecule has 0 radical (unpaired) electrons. The van der Waals surface area contributed by atoms with Crippen LogP contribution in [0.5, 0.6) is 5.75 Å². The van der Waals surface area contributed by atoms with Crippen molar-refractivity contribution in [2.24, 2.45) is 5.41 Å². The van der Waals surface area contributed by atoms with Gasteiger partial charge in [-0.1, -0.05) is 20.8 Å². The minimum absolute atomic E-state index is 0.0559. The van der Waals surface area contributed by atoms with Gasteiger partial charge >= 0.3 is 11.6 Å². The average molecular weight is 430 g/mol. The zero-order chi connectivity index (χ0) is 22.8. The number of esters is 1. The maximum atomic E-state index is 12.1. The third-order valence-electron chi connectivity index (χ3n) is 5.12. The standard InChI is InChI=1S/C24H31NO6/c1-23(2,3)14-24(4,5)25-20(26)12-30-21(27)13-29-15-9-10-17-16-7-6-8-18(16)22(28)31-19(17)11-15/h9-11H,6-8,12-14H2,1-5H3,(H,25,26). The molecular formula is C24H31NO6.